The average Bonchev–Trinajstić information content (AvgIpc) is 3.04. The first-order valence-electron chi connectivity index (χ1n) is 10.2. The maximum atomic E-state index is 13.3. The summed E-state index contributed by atoms with van der Waals surface area (Å²) < 4.78 is 5.26. The molecule has 3 rings (SSSR count). The number of amides is 1. The molecule has 7 heteroatoms. The average molecular weight is 439 g/mol. The highest BCUT2D eigenvalue weighted by molar-refractivity contribution is 8.19. The number of aliphatic hydroxyl groups is 1. The quantitative estimate of drug-likeness (QED) is 0.392. The van der Waals surface area contributed by atoms with Gasteiger partial charge in [-0.2, -0.15) is 0 Å². The molecule has 6 nitrogen and oxygen atoms in total. The van der Waals surface area contributed by atoms with E-state index in [4.69, 9.17) is 9.84 Å². The first-order valence-corrected chi connectivity index (χ1v) is 11.0. The highest BCUT2D eigenvalue weighted by atomic mass is 32.2. The molecule has 1 fully saturated rings. The molecule has 0 spiro atoms. The lowest BCUT2D eigenvalue weighted by Crippen LogP contribution is -2.29. The molecule has 2 aromatic rings. The standard InChI is InChI=1S/C24H26N2O4S/c1-4-12-25-24-26(19-8-6-5-7-16(19)2)23(29)21(31-24)15-18-9-10-20(17(3)14-18)30-22(28)11-13-27/h5-10,14-15,27H,4,11-13H2,1-3H3/b21-15-,25-24?. The molecular formula is C24H26N2O4S. The van der Waals surface area contributed by atoms with Crippen LogP contribution in [0.3, 0.4) is 0 Å². The molecule has 162 valence electrons. The van der Waals surface area contributed by atoms with Crippen LogP contribution in [0.25, 0.3) is 6.08 Å². The van der Waals surface area contributed by atoms with E-state index in [0.29, 0.717) is 22.4 Å². The second-order valence-corrected chi connectivity index (χ2v) is 8.18. The van der Waals surface area contributed by atoms with Gasteiger partial charge in [0.2, 0.25) is 0 Å². The van der Waals surface area contributed by atoms with Crippen molar-refractivity contribution >= 4 is 40.6 Å². The number of thioether (sulfide) groups is 1. The van der Waals surface area contributed by atoms with Gasteiger partial charge in [-0.05, 0) is 73.0 Å². The van der Waals surface area contributed by atoms with Crippen molar-refractivity contribution in [3.63, 3.8) is 0 Å². The molecule has 0 saturated carbocycles. The molecule has 0 radical (unpaired) electrons. The van der Waals surface area contributed by atoms with Gasteiger partial charge in [-0.1, -0.05) is 31.2 Å². The van der Waals surface area contributed by atoms with Crippen molar-refractivity contribution in [1.29, 1.82) is 0 Å². The van der Waals surface area contributed by atoms with Crippen molar-refractivity contribution in [2.75, 3.05) is 18.1 Å². The Morgan fingerprint density at radius 2 is 1.97 bits per heavy atom. The molecule has 2 aromatic carbocycles. The maximum absolute atomic E-state index is 13.3. The minimum Gasteiger partial charge on any atom is -0.426 e. The van der Waals surface area contributed by atoms with Crippen molar-refractivity contribution in [3.05, 3.63) is 64.1 Å². The molecule has 0 bridgehead atoms. The number of carbonyl (C=O) groups is 2. The molecule has 1 N–H and O–H groups in total. The number of aryl methyl sites for hydroxylation is 2. The third-order valence-corrected chi connectivity index (χ3v) is 5.68. The summed E-state index contributed by atoms with van der Waals surface area (Å²) in [5.74, 6) is -0.146. The number of rotatable bonds is 7. The number of esters is 1. The molecule has 0 atom stereocenters. The van der Waals surface area contributed by atoms with Crippen LogP contribution in [0.15, 0.2) is 52.4 Å². The zero-order valence-corrected chi connectivity index (χ0v) is 18.7. The summed E-state index contributed by atoms with van der Waals surface area (Å²) >= 11 is 1.37. The van der Waals surface area contributed by atoms with Crippen LogP contribution in [0.1, 0.15) is 36.5 Å². The Morgan fingerprint density at radius 1 is 1.19 bits per heavy atom. The first-order chi connectivity index (χ1) is 14.9. The zero-order valence-electron chi connectivity index (χ0n) is 17.9. The SMILES string of the molecule is CCCN=C1S/C(=C\c2ccc(OC(=O)CCO)c(C)c2)C(=O)N1c1ccccc1C. The Kier molecular flexibility index (Phi) is 7.65. The first kappa shape index (κ1) is 22.8. The molecular weight excluding hydrogens is 412 g/mol. The Labute approximate surface area is 186 Å². The fourth-order valence-corrected chi connectivity index (χ4v) is 4.11. The van der Waals surface area contributed by atoms with Gasteiger partial charge in [0.15, 0.2) is 5.17 Å². The van der Waals surface area contributed by atoms with Crippen molar-refractivity contribution in [1.82, 2.24) is 0 Å². The molecule has 1 amide bonds. The monoisotopic (exact) mass is 438 g/mol. The molecule has 1 aliphatic rings. The van der Waals surface area contributed by atoms with Gasteiger partial charge in [0.05, 0.1) is 23.6 Å². The van der Waals surface area contributed by atoms with E-state index in [1.165, 1.54) is 11.8 Å². The second-order valence-electron chi connectivity index (χ2n) is 7.17. The van der Waals surface area contributed by atoms with Gasteiger partial charge in [0.25, 0.3) is 5.91 Å². The Balaban J connectivity index is 1.90. The van der Waals surface area contributed by atoms with Gasteiger partial charge in [-0.3, -0.25) is 19.5 Å². The van der Waals surface area contributed by atoms with Gasteiger partial charge in [-0.25, -0.2) is 0 Å². The van der Waals surface area contributed by atoms with Gasteiger partial charge in [0, 0.05) is 6.54 Å². The predicted molar refractivity (Wildman–Crippen MR) is 125 cm³/mol. The fourth-order valence-electron chi connectivity index (χ4n) is 3.11. The molecule has 31 heavy (non-hydrogen) atoms. The van der Waals surface area contributed by atoms with Crippen LogP contribution in [0.2, 0.25) is 0 Å². The summed E-state index contributed by atoms with van der Waals surface area (Å²) in [6.07, 6.45) is 2.68. The van der Waals surface area contributed by atoms with Crippen molar-refractivity contribution in [2.45, 2.75) is 33.6 Å². The van der Waals surface area contributed by atoms with Crippen LogP contribution in [0.5, 0.6) is 5.75 Å². The molecule has 1 heterocycles. The van der Waals surface area contributed by atoms with Crippen LogP contribution in [-0.2, 0) is 9.59 Å². The highest BCUT2D eigenvalue weighted by Gasteiger charge is 2.35. The third kappa shape index (κ3) is 5.42. The number of nitrogens with zero attached hydrogens (tertiary/aromatic N) is 2. The zero-order chi connectivity index (χ0) is 22.4. The lowest BCUT2D eigenvalue weighted by Gasteiger charge is -2.18. The smallest absolute Gasteiger partial charge is 0.313 e. The van der Waals surface area contributed by atoms with Gasteiger partial charge >= 0.3 is 5.97 Å². The van der Waals surface area contributed by atoms with Crippen LogP contribution in [-0.4, -0.2) is 35.3 Å². The summed E-state index contributed by atoms with van der Waals surface area (Å²) in [5.41, 5.74) is 3.44. The number of hydrogen-bond acceptors (Lipinski definition) is 6. The van der Waals surface area contributed by atoms with Crippen LogP contribution < -0.4 is 9.64 Å². The topological polar surface area (TPSA) is 79.2 Å². The number of anilines is 1. The lowest BCUT2D eigenvalue weighted by atomic mass is 10.1. The fraction of sp³-hybridized carbons (Fsp3) is 0.292. The molecule has 0 unspecified atom stereocenters. The van der Waals surface area contributed by atoms with Gasteiger partial charge < -0.3 is 9.84 Å². The van der Waals surface area contributed by atoms with E-state index >= 15 is 0 Å². The summed E-state index contributed by atoms with van der Waals surface area (Å²) in [7, 11) is 0. The number of carbonyl (C=O) groups excluding carboxylic acids is 2. The van der Waals surface area contributed by atoms with E-state index in [1.54, 1.807) is 17.0 Å². The summed E-state index contributed by atoms with van der Waals surface area (Å²) in [6.45, 7) is 6.27. The van der Waals surface area contributed by atoms with E-state index in [9.17, 15) is 9.59 Å². The van der Waals surface area contributed by atoms with Crippen LogP contribution in [0, 0.1) is 13.8 Å². The number of aliphatic imine (C=N–C) groups is 1. The van der Waals surface area contributed by atoms with Crippen LogP contribution in [0.4, 0.5) is 5.69 Å². The number of benzene rings is 2. The van der Waals surface area contributed by atoms with Gasteiger partial charge in [-0.15, -0.1) is 0 Å². The van der Waals surface area contributed by atoms with E-state index in [-0.39, 0.29) is 18.9 Å². The normalized spacial score (nSPS) is 16.4. The molecule has 0 aromatic heterocycles. The number of aliphatic hydroxyl groups excluding tert-OH is 1. The van der Waals surface area contributed by atoms with E-state index in [1.807, 2.05) is 50.3 Å². The number of ether oxygens (including phenoxy) is 1. The second kappa shape index (κ2) is 10.4. The molecule has 0 aliphatic carbocycles. The number of amidine groups is 1. The number of hydrogen-bond donors (Lipinski definition) is 1. The minimum absolute atomic E-state index is 0.0506. The summed E-state index contributed by atoms with van der Waals surface area (Å²) in [4.78, 5) is 31.8. The number of para-hydroxylation sites is 1. The highest BCUT2D eigenvalue weighted by Crippen LogP contribution is 2.37. The molecule has 1 saturated heterocycles. The Morgan fingerprint density at radius 3 is 2.65 bits per heavy atom. The van der Waals surface area contributed by atoms with Gasteiger partial charge in [0.1, 0.15) is 5.75 Å². The summed E-state index contributed by atoms with van der Waals surface area (Å²) in [6, 6.07) is 13.1. The van der Waals surface area contributed by atoms with E-state index in [2.05, 4.69) is 11.9 Å². The third-order valence-electron chi connectivity index (χ3n) is 4.67. The lowest BCUT2D eigenvalue weighted by molar-refractivity contribution is -0.135. The summed E-state index contributed by atoms with van der Waals surface area (Å²) in [5, 5.41) is 9.53. The minimum atomic E-state index is -0.483. The van der Waals surface area contributed by atoms with E-state index in [0.717, 1.165) is 28.8 Å². The van der Waals surface area contributed by atoms with Crippen molar-refractivity contribution in [3.8, 4) is 5.75 Å². The molecule has 1 aliphatic heterocycles. The maximum Gasteiger partial charge on any atom is 0.313 e. The van der Waals surface area contributed by atoms with Crippen LogP contribution >= 0.6 is 11.8 Å². The Bertz CT molecular complexity index is 1050. The van der Waals surface area contributed by atoms with E-state index < -0.39 is 5.97 Å². The van der Waals surface area contributed by atoms with Crippen molar-refractivity contribution in [2.24, 2.45) is 4.99 Å². The predicted octanol–water partition coefficient (Wildman–Crippen LogP) is 4.48. The Hall–Kier alpha value is -2.90. The van der Waals surface area contributed by atoms with Crippen molar-refractivity contribution < 1.29 is 19.4 Å². The largest absolute Gasteiger partial charge is 0.426 e.